The van der Waals surface area contributed by atoms with Crippen molar-refractivity contribution in [3.63, 3.8) is 0 Å². The molecule has 0 saturated carbocycles. The Balaban J connectivity index is 0.000000324. The van der Waals surface area contributed by atoms with Crippen molar-refractivity contribution in [2.45, 2.75) is 65.5 Å². The molecule has 0 aliphatic rings. The van der Waals surface area contributed by atoms with Crippen LogP contribution in [0.2, 0.25) is 0 Å². The van der Waals surface area contributed by atoms with Gasteiger partial charge in [0, 0.05) is 18.9 Å². The highest BCUT2D eigenvalue weighted by Gasteiger charge is 2.20. The predicted octanol–water partition coefficient (Wildman–Crippen LogP) is 5.09. The second-order valence-corrected chi connectivity index (χ2v) is 8.27. The lowest BCUT2D eigenvalue weighted by Crippen LogP contribution is -2.17. The van der Waals surface area contributed by atoms with Gasteiger partial charge in [0.2, 0.25) is 0 Å². The van der Waals surface area contributed by atoms with Crippen LogP contribution in [0.3, 0.4) is 0 Å². The van der Waals surface area contributed by atoms with E-state index in [2.05, 4.69) is 69.9 Å². The number of rotatable bonds is 3. The van der Waals surface area contributed by atoms with E-state index in [0.29, 0.717) is 6.54 Å². The van der Waals surface area contributed by atoms with Crippen LogP contribution in [0.1, 0.15) is 63.8 Å². The second-order valence-electron chi connectivity index (χ2n) is 8.27. The molecule has 0 atom stereocenters. The van der Waals surface area contributed by atoms with E-state index in [1.54, 1.807) is 12.4 Å². The normalized spacial score (nSPS) is 11.5. The van der Waals surface area contributed by atoms with Gasteiger partial charge < -0.3 is 5.73 Å². The minimum atomic E-state index is 0.0961. The molecule has 0 fully saturated rings. The number of hydrogen-bond donors (Lipinski definition) is 1. The standard InChI is InChI=1S/C15H23NO.C6H8N2/c1-14(2,3)12-7-11(10-16-17)8-13(9-12)15(4,5)6;7-5-6-1-3-8-4-2-6/h7-9H,10H2,1-6H3;1-4H,5,7H2. The van der Waals surface area contributed by atoms with E-state index in [1.807, 2.05) is 12.1 Å². The van der Waals surface area contributed by atoms with Gasteiger partial charge in [0.1, 0.15) is 6.54 Å². The van der Waals surface area contributed by atoms with E-state index in [0.717, 1.165) is 11.1 Å². The maximum absolute atomic E-state index is 10.4. The molecule has 1 aromatic carbocycles. The molecule has 0 amide bonds. The average Bonchev–Trinajstić information content (AvgIpc) is 2.54. The van der Waals surface area contributed by atoms with E-state index in [-0.39, 0.29) is 17.4 Å². The van der Waals surface area contributed by atoms with Crippen molar-refractivity contribution in [3.8, 4) is 0 Å². The van der Waals surface area contributed by atoms with Gasteiger partial charge in [-0.25, -0.2) is 0 Å². The molecular formula is C21H31N3O. The van der Waals surface area contributed by atoms with Crippen molar-refractivity contribution in [1.82, 2.24) is 4.98 Å². The molecule has 2 aromatic rings. The van der Waals surface area contributed by atoms with Gasteiger partial charge in [-0.05, 0) is 45.2 Å². The highest BCUT2D eigenvalue weighted by molar-refractivity contribution is 5.37. The first kappa shape index (κ1) is 21.0. The third-order valence-electron chi connectivity index (χ3n) is 3.96. The fourth-order valence-electron chi connectivity index (χ4n) is 2.24. The molecule has 4 heteroatoms. The van der Waals surface area contributed by atoms with Gasteiger partial charge in [-0.1, -0.05) is 64.9 Å². The van der Waals surface area contributed by atoms with Crippen LogP contribution in [-0.2, 0) is 23.9 Å². The largest absolute Gasteiger partial charge is 0.326 e. The predicted molar refractivity (Wildman–Crippen MR) is 105 cm³/mol. The summed E-state index contributed by atoms with van der Waals surface area (Å²) in [6, 6.07) is 10.2. The maximum Gasteiger partial charge on any atom is 0.106 e. The van der Waals surface area contributed by atoms with Gasteiger partial charge in [0.15, 0.2) is 0 Å². The Labute approximate surface area is 151 Å². The highest BCUT2D eigenvalue weighted by atomic mass is 16.3. The lowest BCUT2D eigenvalue weighted by atomic mass is 9.79. The first-order valence-electron chi connectivity index (χ1n) is 8.61. The summed E-state index contributed by atoms with van der Waals surface area (Å²) in [5, 5.41) is 3.00. The van der Waals surface area contributed by atoms with Crippen LogP contribution in [0, 0.1) is 4.91 Å². The first-order valence-corrected chi connectivity index (χ1v) is 8.61. The SMILES string of the molecule is CC(C)(C)c1cc(CN=O)cc(C(C)(C)C)c1.NCc1ccncc1. The van der Waals surface area contributed by atoms with E-state index >= 15 is 0 Å². The smallest absolute Gasteiger partial charge is 0.106 e. The number of benzene rings is 1. The van der Waals surface area contributed by atoms with E-state index < -0.39 is 0 Å². The summed E-state index contributed by atoms with van der Waals surface area (Å²) in [4.78, 5) is 14.3. The molecule has 1 aromatic heterocycles. The van der Waals surface area contributed by atoms with Crippen molar-refractivity contribution in [2.24, 2.45) is 10.9 Å². The summed E-state index contributed by atoms with van der Waals surface area (Å²) in [7, 11) is 0. The fraction of sp³-hybridized carbons (Fsp3) is 0.476. The molecule has 2 rings (SSSR count). The lowest BCUT2D eigenvalue weighted by Gasteiger charge is -2.25. The summed E-state index contributed by atoms with van der Waals surface area (Å²) in [6.07, 6.45) is 3.48. The minimum absolute atomic E-state index is 0.0961. The van der Waals surface area contributed by atoms with Crippen LogP contribution in [0.15, 0.2) is 47.9 Å². The van der Waals surface area contributed by atoms with Crippen LogP contribution in [0.4, 0.5) is 0 Å². The van der Waals surface area contributed by atoms with Crippen molar-refractivity contribution in [3.05, 3.63) is 69.9 Å². The van der Waals surface area contributed by atoms with Crippen LogP contribution in [0.25, 0.3) is 0 Å². The van der Waals surface area contributed by atoms with E-state index in [9.17, 15) is 4.91 Å². The number of nitrogens with zero attached hydrogens (tertiary/aromatic N) is 2. The molecule has 25 heavy (non-hydrogen) atoms. The van der Waals surface area contributed by atoms with Gasteiger partial charge >= 0.3 is 0 Å². The molecule has 0 saturated heterocycles. The molecular weight excluding hydrogens is 310 g/mol. The van der Waals surface area contributed by atoms with E-state index in [1.165, 1.54) is 11.1 Å². The first-order chi connectivity index (χ1) is 11.6. The maximum atomic E-state index is 10.4. The molecule has 0 aliphatic heterocycles. The zero-order chi connectivity index (χ0) is 19.1. The Morgan fingerprint density at radius 2 is 1.36 bits per heavy atom. The fourth-order valence-corrected chi connectivity index (χ4v) is 2.24. The molecule has 0 aliphatic carbocycles. The molecule has 1 heterocycles. The molecule has 4 nitrogen and oxygen atoms in total. The Morgan fingerprint density at radius 3 is 1.68 bits per heavy atom. The molecule has 0 unspecified atom stereocenters. The third kappa shape index (κ3) is 7.14. The summed E-state index contributed by atoms with van der Waals surface area (Å²) in [5.41, 5.74) is 10.2. The van der Waals surface area contributed by atoms with Gasteiger partial charge in [0.25, 0.3) is 0 Å². The van der Waals surface area contributed by atoms with Crippen LogP contribution in [-0.4, -0.2) is 4.98 Å². The number of aromatic nitrogens is 1. The van der Waals surface area contributed by atoms with Crippen molar-refractivity contribution in [1.29, 1.82) is 0 Å². The lowest BCUT2D eigenvalue weighted by molar-refractivity contribution is 0.567. The van der Waals surface area contributed by atoms with E-state index in [4.69, 9.17) is 5.73 Å². The molecule has 2 N–H and O–H groups in total. The summed E-state index contributed by atoms with van der Waals surface area (Å²) < 4.78 is 0. The van der Waals surface area contributed by atoms with Crippen LogP contribution in [0.5, 0.6) is 0 Å². The van der Waals surface area contributed by atoms with Crippen molar-refractivity contribution < 1.29 is 0 Å². The number of pyridine rings is 1. The zero-order valence-electron chi connectivity index (χ0n) is 16.3. The topological polar surface area (TPSA) is 68.3 Å². The summed E-state index contributed by atoms with van der Waals surface area (Å²) in [6.45, 7) is 14.0. The monoisotopic (exact) mass is 341 g/mol. The number of hydrogen-bond acceptors (Lipinski definition) is 4. The second kappa shape index (κ2) is 8.86. The van der Waals surface area contributed by atoms with Crippen molar-refractivity contribution in [2.75, 3.05) is 0 Å². The molecule has 136 valence electrons. The Hall–Kier alpha value is -2.07. The van der Waals surface area contributed by atoms with Gasteiger partial charge in [-0.2, -0.15) is 4.91 Å². The van der Waals surface area contributed by atoms with Gasteiger partial charge in [0.05, 0.1) is 0 Å². The Bertz CT molecular complexity index is 636. The average molecular weight is 341 g/mol. The molecule has 0 spiro atoms. The summed E-state index contributed by atoms with van der Waals surface area (Å²) in [5.74, 6) is 0. The Morgan fingerprint density at radius 1 is 0.880 bits per heavy atom. The number of nitroso groups, excluding NO2 is 1. The number of nitrogens with two attached hydrogens (primary N) is 1. The minimum Gasteiger partial charge on any atom is -0.326 e. The summed E-state index contributed by atoms with van der Waals surface area (Å²) >= 11 is 0. The zero-order valence-corrected chi connectivity index (χ0v) is 16.3. The quantitative estimate of drug-likeness (QED) is 0.791. The molecule has 0 bridgehead atoms. The highest BCUT2D eigenvalue weighted by Crippen LogP contribution is 2.30. The van der Waals surface area contributed by atoms with Crippen LogP contribution < -0.4 is 5.73 Å². The van der Waals surface area contributed by atoms with Gasteiger partial charge in [-0.3, -0.25) is 4.98 Å². The van der Waals surface area contributed by atoms with Gasteiger partial charge in [-0.15, -0.1) is 0 Å². The third-order valence-corrected chi connectivity index (χ3v) is 3.96. The molecule has 0 radical (unpaired) electrons. The van der Waals surface area contributed by atoms with Crippen LogP contribution >= 0.6 is 0 Å². The van der Waals surface area contributed by atoms with Crippen molar-refractivity contribution >= 4 is 0 Å². The Kier molecular flexibility index (Phi) is 7.43.